The van der Waals surface area contributed by atoms with Crippen LogP contribution in [0.2, 0.25) is 0 Å². The molecule has 1 aliphatic rings. The number of nitro benzene ring substituents is 1. The van der Waals surface area contributed by atoms with Crippen LogP contribution < -0.4 is 4.87 Å². The number of nitrogens with one attached hydrogen (secondary N) is 1. The van der Waals surface area contributed by atoms with Crippen LogP contribution in [-0.4, -0.2) is 46.4 Å². The van der Waals surface area contributed by atoms with Gasteiger partial charge in [0.05, 0.1) is 30.1 Å². The maximum Gasteiger partial charge on any atom is 0.320 e. The van der Waals surface area contributed by atoms with Crippen LogP contribution in [0.25, 0.3) is 0 Å². The largest absolute Gasteiger partial charge is 0.508 e. The first-order valence-corrected chi connectivity index (χ1v) is 9.50. The van der Waals surface area contributed by atoms with Crippen molar-refractivity contribution in [3.8, 4) is 5.75 Å². The molecule has 0 radical (unpaired) electrons. The molecular weight excluding hydrogens is 412 g/mol. The summed E-state index contributed by atoms with van der Waals surface area (Å²) in [5.74, 6) is -4.00. The number of esters is 2. The second-order valence-electron chi connectivity index (χ2n) is 5.80. The van der Waals surface area contributed by atoms with Crippen molar-refractivity contribution in [1.82, 2.24) is 4.98 Å². The molecule has 0 spiro atoms. The van der Waals surface area contributed by atoms with E-state index in [0.29, 0.717) is 9.90 Å². The van der Waals surface area contributed by atoms with Crippen molar-refractivity contribution in [3.63, 3.8) is 0 Å². The number of nitrogens with zero attached hydrogens (tertiary/aromatic N) is 1. The number of ether oxygens (including phenoxy) is 2. The number of non-ortho nitro benzene ring substituents is 1. The molecule has 28 heavy (non-hydrogen) atoms. The monoisotopic (exact) mass is 426 g/mol. The minimum atomic E-state index is -1.17. The Hall–Kier alpha value is -2.86. The summed E-state index contributed by atoms with van der Waals surface area (Å²) in [6, 6.07) is 3.36. The zero-order chi connectivity index (χ0) is 20.6. The second kappa shape index (κ2) is 7.64. The van der Waals surface area contributed by atoms with E-state index in [1.54, 1.807) is 0 Å². The lowest BCUT2D eigenvalue weighted by Gasteiger charge is -2.34. The number of methoxy groups -OCH3 is 2. The summed E-state index contributed by atoms with van der Waals surface area (Å²) < 4.78 is 9.63. The first-order chi connectivity index (χ1) is 13.3. The lowest BCUT2D eigenvalue weighted by Crippen LogP contribution is -2.41. The number of aromatic amines is 1. The zero-order valence-corrected chi connectivity index (χ0v) is 16.2. The molecule has 0 bridgehead atoms. The van der Waals surface area contributed by atoms with Crippen molar-refractivity contribution in [1.29, 1.82) is 0 Å². The van der Waals surface area contributed by atoms with E-state index in [0.717, 1.165) is 55.5 Å². The minimum Gasteiger partial charge on any atom is -0.508 e. The fraction of sp³-hybridized carbons (Fsp3) is 0.312. The average molecular weight is 426 g/mol. The van der Waals surface area contributed by atoms with Crippen LogP contribution >= 0.6 is 23.1 Å². The van der Waals surface area contributed by atoms with Crippen LogP contribution in [-0.2, 0) is 19.1 Å². The standard InChI is InChI=1S/C16H14N2O8S2/c1-25-14(20)10-9(7-5-6(18(23)24)3-4-8(7)19)11-13(17-16(22)28-11)27-12(10)15(21)26-2/h3-5,9-10,12,19H,1-2H3,(H,17,22)/t9-,10+,12+/m1/s1. The maximum atomic E-state index is 12.6. The van der Waals surface area contributed by atoms with Crippen LogP contribution in [0.5, 0.6) is 5.75 Å². The van der Waals surface area contributed by atoms with Gasteiger partial charge in [-0.25, -0.2) is 0 Å². The van der Waals surface area contributed by atoms with E-state index in [1.165, 1.54) is 0 Å². The number of aromatic hydroxyl groups is 1. The van der Waals surface area contributed by atoms with Gasteiger partial charge in [-0.3, -0.25) is 24.5 Å². The van der Waals surface area contributed by atoms with E-state index in [-0.39, 0.29) is 17.0 Å². The van der Waals surface area contributed by atoms with Gasteiger partial charge in [-0.1, -0.05) is 23.1 Å². The molecule has 0 aliphatic carbocycles. The first kappa shape index (κ1) is 19.9. The van der Waals surface area contributed by atoms with Gasteiger partial charge >= 0.3 is 16.8 Å². The quantitative estimate of drug-likeness (QED) is 0.422. The number of phenolic OH excluding ortho intramolecular Hbond substituents is 1. The molecule has 2 N–H and O–H groups in total. The van der Waals surface area contributed by atoms with Gasteiger partial charge in [-0.15, -0.1) is 0 Å². The van der Waals surface area contributed by atoms with Gasteiger partial charge in [-0.2, -0.15) is 0 Å². The van der Waals surface area contributed by atoms with Crippen LogP contribution in [0.3, 0.4) is 0 Å². The second-order valence-corrected chi connectivity index (χ2v) is 7.96. The number of H-pyrrole nitrogens is 1. The third-order valence-corrected chi connectivity index (χ3v) is 6.71. The average Bonchev–Trinajstić information content (AvgIpc) is 3.05. The lowest BCUT2D eigenvalue weighted by atomic mass is 9.81. The molecule has 0 amide bonds. The van der Waals surface area contributed by atoms with Gasteiger partial charge in [0.2, 0.25) is 0 Å². The molecule has 0 saturated heterocycles. The summed E-state index contributed by atoms with van der Waals surface area (Å²) in [5, 5.41) is 20.8. The molecule has 1 aliphatic heterocycles. The number of benzene rings is 1. The molecule has 0 saturated carbocycles. The molecule has 3 rings (SSSR count). The molecule has 1 aromatic heterocycles. The van der Waals surface area contributed by atoms with Crippen LogP contribution in [0.4, 0.5) is 5.69 Å². The van der Waals surface area contributed by atoms with E-state index < -0.39 is 38.8 Å². The SMILES string of the molecule is COC(=O)[C@H]1[C@@H](c2cc([N+](=O)[O-])ccc2O)c2sc(=O)[nH]c2S[C@@H]1C(=O)OC. The Morgan fingerprint density at radius 1 is 1.25 bits per heavy atom. The Labute approximate surface area is 165 Å². The topological polar surface area (TPSA) is 149 Å². The predicted molar refractivity (Wildman–Crippen MR) is 98.7 cm³/mol. The maximum absolute atomic E-state index is 12.6. The number of carbonyl (C=O) groups excluding carboxylic acids is 2. The van der Waals surface area contributed by atoms with Gasteiger partial charge < -0.3 is 19.6 Å². The fourth-order valence-corrected chi connectivity index (χ4v) is 5.59. The Bertz CT molecular complexity index is 1010. The van der Waals surface area contributed by atoms with Crippen molar-refractivity contribution < 1.29 is 29.1 Å². The summed E-state index contributed by atoms with van der Waals surface area (Å²) in [6.07, 6.45) is 0. The summed E-state index contributed by atoms with van der Waals surface area (Å²) in [6.45, 7) is 0. The Morgan fingerprint density at radius 3 is 2.54 bits per heavy atom. The highest BCUT2D eigenvalue weighted by atomic mass is 32.2. The Balaban J connectivity index is 2.29. The van der Waals surface area contributed by atoms with E-state index in [2.05, 4.69) is 4.98 Å². The highest BCUT2D eigenvalue weighted by molar-refractivity contribution is 8.00. The number of hydrogen-bond donors (Lipinski definition) is 2. The molecule has 12 heteroatoms. The van der Waals surface area contributed by atoms with Gasteiger partial charge in [0.1, 0.15) is 11.0 Å². The minimum absolute atomic E-state index is 0.0373. The van der Waals surface area contributed by atoms with Crippen LogP contribution in [0.15, 0.2) is 28.0 Å². The van der Waals surface area contributed by atoms with Crippen LogP contribution in [0, 0.1) is 16.0 Å². The van der Waals surface area contributed by atoms with Crippen molar-refractivity contribution >= 4 is 40.7 Å². The van der Waals surface area contributed by atoms with Crippen LogP contribution in [0.1, 0.15) is 16.4 Å². The van der Waals surface area contributed by atoms with Crippen molar-refractivity contribution in [3.05, 3.63) is 48.4 Å². The first-order valence-electron chi connectivity index (χ1n) is 7.81. The summed E-state index contributed by atoms with van der Waals surface area (Å²) in [5.41, 5.74) is -0.274. The lowest BCUT2D eigenvalue weighted by molar-refractivity contribution is -0.385. The van der Waals surface area contributed by atoms with E-state index in [9.17, 15) is 29.6 Å². The number of thiazole rings is 1. The third kappa shape index (κ3) is 3.36. The Morgan fingerprint density at radius 2 is 1.93 bits per heavy atom. The molecule has 148 valence electrons. The summed E-state index contributed by atoms with van der Waals surface area (Å²) in [7, 11) is 2.30. The number of phenols is 1. The number of thioether (sulfide) groups is 1. The van der Waals surface area contributed by atoms with Gasteiger partial charge in [0.15, 0.2) is 0 Å². The number of aromatic nitrogens is 1. The third-order valence-electron chi connectivity index (χ3n) is 4.32. The molecule has 2 aromatic rings. The van der Waals surface area contributed by atoms with Crippen molar-refractivity contribution in [2.75, 3.05) is 14.2 Å². The molecular formula is C16H14N2O8S2. The van der Waals surface area contributed by atoms with Gasteiger partial charge in [0, 0.05) is 28.5 Å². The molecule has 10 nitrogen and oxygen atoms in total. The molecule has 0 unspecified atom stereocenters. The van der Waals surface area contributed by atoms with Crippen molar-refractivity contribution in [2.24, 2.45) is 5.92 Å². The smallest absolute Gasteiger partial charge is 0.320 e. The number of nitro groups is 1. The Kier molecular flexibility index (Phi) is 5.42. The van der Waals surface area contributed by atoms with E-state index >= 15 is 0 Å². The van der Waals surface area contributed by atoms with Gasteiger partial charge in [-0.05, 0) is 6.07 Å². The molecule has 3 atom stereocenters. The molecule has 1 aromatic carbocycles. The number of hydrogen-bond acceptors (Lipinski definition) is 10. The zero-order valence-electron chi connectivity index (χ0n) is 14.5. The van der Waals surface area contributed by atoms with Crippen molar-refractivity contribution in [2.45, 2.75) is 16.2 Å². The summed E-state index contributed by atoms with van der Waals surface area (Å²) in [4.78, 5) is 49.9. The van der Waals surface area contributed by atoms with E-state index in [4.69, 9.17) is 9.47 Å². The molecule has 2 heterocycles. The normalized spacial score (nSPS) is 20.9. The predicted octanol–water partition coefficient (Wildman–Crippen LogP) is 1.62. The number of fused-ring (bicyclic) bond motifs is 1. The number of carbonyl (C=O) groups is 2. The highest BCUT2D eigenvalue weighted by Crippen LogP contribution is 2.51. The molecule has 0 fully saturated rings. The highest BCUT2D eigenvalue weighted by Gasteiger charge is 2.49. The summed E-state index contributed by atoms with van der Waals surface area (Å²) >= 11 is 1.74. The fourth-order valence-electron chi connectivity index (χ4n) is 3.10. The number of rotatable bonds is 4. The van der Waals surface area contributed by atoms with E-state index in [1.807, 2.05) is 0 Å². The van der Waals surface area contributed by atoms with Gasteiger partial charge in [0.25, 0.3) is 5.69 Å².